The molecule has 0 spiro atoms. The summed E-state index contributed by atoms with van der Waals surface area (Å²) in [4.78, 5) is 1.07. The van der Waals surface area contributed by atoms with Gasteiger partial charge in [0.1, 0.15) is 0 Å². The lowest BCUT2D eigenvalue weighted by Gasteiger charge is -2.02. The third-order valence-corrected chi connectivity index (χ3v) is 3.25. The highest BCUT2D eigenvalue weighted by molar-refractivity contribution is 14.1. The Bertz CT molecular complexity index is 205. The van der Waals surface area contributed by atoms with Crippen molar-refractivity contribution in [2.45, 2.75) is 18.7 Å². The molecule has 1 rings (SSSR count). The van der Waals surface area contributed by atoms with E-state index < -0.39 is 0 Å². The predicted molar refractivity (Wildman–Crippen MR) is 55.9 cm³/mol. The van der Waals surface area contributed by atoms with E-state index in [1.165, 1.54) is 14.7 Å². The van der Waals surface area contributed by atoms with E-state index in [-0.39, 0.29) is 0 Å². The lowest BCUT2D eigenvalue weighted by Crippen LogP contribution is -1.83. The Kier molecular flexibility index (Phi) is 2.63. The Hall–Kier alpha value is 0.300. The predicted octanol–water partition coefficient (Wildman–Crippen LogP) is 3.20. The first-order chi connectivity index (χ1) is 4.61. The second-order valence-corrected chi connectivity index (χ2v) is 4.03. The molecule has 0 aliphatic carbocycles. The molecule has 54 valence electrons. The second kappa shape index (κ2) is 3.13. The van der Waals surface area contributed by atoms with Crippen LogP contribution in [-0.4, -0.2) is 0 Å². The molecule has 0 saturated heterocycles. The zero-order valence-corrected chi connectivity index (χ0v) is 9.03. The quantitative estimate of drug-likeness (QED) is 0.540. The molecule has 0 aromatic heterocycles. The molecule has 0 aliphatic heterocycles. The van der Waals surface area contributed by atoms with E-state index in [2.05, 4.69) is 61.2 Å². The summed E-state index contributed by atoms with van der Waals surface area (Å²) in [5.41, 5.74) is 2.65. The smallest absolute Gasteiger partial charge is 0.0266 e. The average molecular weight is 264 g/mol. The van der Waals surface area contributed by atoms with Gasteiger partial charge in [-0.2, -0.15) is 0 Å². The van der Waals surface area contributed by atoms with Crippen molar-refractivity contribution in [3.63, 3.8) is 0 Å². The number of rotatable bonds is 0. The Morgan fingerprint density at radius 3 is 2.20 bits per heavy atom. The topological polar surface area (TPSA) is 0 Å². The van der Waals surface area contributed by atoms with Crippen LogP contribution in [0.1, 0.15) is 11.1 Å². The average Bonchev–Trinajstić information content (AvgIpc) is 1.84. The van der Waals surface area contributed by atoms with E-state index in [4.69, 9.17) is 0 Å². The fourth-order valence-electron chi connectivity index (χ4n) is 0.766. The van der Waals surface area contributed by atoms with Crippen molar-refractivity contribution in [1.82, 2.24) is 0 Å². The lowest BCUT2D eigenvalue weighted by atomic mass is 10.1. The molecule has 10 heavy (non-hydrogen) atoms. The van der Waals surface area contributed by atoms with Gasteiger partial charge in [-0.05, 0) is 59.7 Å². The van der Waals surface area contributed by atoms with Gasteiger partial charge < -0.3 is 0 Å². The van der Waals surface area contributed by atoms with Crippen LogP contribution in [0.15, 0.2) is 17.0 Å². The standard InChI is InChI=1S/C8H9IS/c1-5-3-7(9)8(10)4-6(5)2/h3-4,10H,1-2H3. The van der Waals surface area contributed by atoms with Gasteiger partial charge in [-0.3, -0.25) is 0 Å². The van der Waals surface area contributed by atoms with Gasteiger partial charge >= 0.3 is 0 Å². The summed E-state index contributed by atoms with van der Waals surface area (Å²) in [6, 6.07) is 4.25. The first-order valence-electron chi connectivity index (χ1n) is 3.07. The minimum absolute atomic E-state index is 1.07. The first kappa shape index (κ1) is 8.40. The summed E-state index contributed by atoms with van der Waals surface area (Å²) in [6.45, 7) is 4.22. The number of hydrogen-bond donors (Lipinski definition) is 1. The third kappa shape index (κ3) is 1.66. The molecule has 0 saturated carbocycles. The second-order valence-electron chi connectivity index (χ2n) is 2.39. The Morgan fingerprint density at radius 2 is 1.70 bits per heavy atom. The van der Waals surface area contributed by atoms with Crippen LogP contribution >= 0.6 is 35.2 Å². The van der Waals surface area contributed by atoms with Crippen LogP contribution in [0.25, 0.3) is 0 Å². The molecule has 2 heteroatoms. The van der Waals surface area contributed by atoms with Gasteiger partial charge in [-0.25, -0.2) is 0 Å². The van der Waals surface area contributed by atoms with Crippen LogP contribution in [0.5, 0.6) is 0 Å². The lowest BCUT2D eigenvalue weighted by molar-refractivity contribution is 1.26. The molecule has 0 aliphatic rings. The van der Waals surface area contributed by atoms with Crippen LogP contribution in [-0.2, 0) is 0 Å². The number of thiol groups is 1. The van der Waals surface area contributed by atoms with Gasteiger partial charge in [-0.1, -0.05) is 0 Å². The monoisotopic (exact) mass is 264 g/mol. The molecular weight excluding hydrogens is 255 g/mol. The summed E-state index contributed by atoms with van der Waals surface area (Å²) in [6.07, 6.45) is 0. The molecule has 0 radical (unpaired) electrons. The largest absolute Gasteiger partial charge is 0.142 e. The van der Waals surface area contributed by atoms with E-state index in [0.29, 0.717) is 0 Å². The molecule has 1 aromatic rings. The van der Waals surface area contributed by atoms with Crippen LogP contribution in [0.2, 0.25) is 0 Å². The van der Waals surface area contributed by atoms with Gasteiger partial charge in [-0.15, -0.1) is 12.6 Å². The minimum Gasteiger partial charge on any atom is -0.142 e. The van der Waals surface area contributed by atoms with Crippen molar-refractivity contribution in [3.8, 4) is 0 Å². The van der Waals surface area contributed by atoms with Gasteiger partial charge in [0.15, 0.2) is 0 Å². The van der Waals surface area contributed by atoms with Crippen LogP contribution in [0.4, 0.5) is 0 Å². The molecular formula is C8H9IS. The van der Waals surface area contributed by atoms with Gasteiger partial charge in [0.05, 0.1) is 0 Å². The molecule has 0 fully saturated rings. The first-order valence-corrected chi connectivity index (χ1v) is 4.59. The van der Waals surface area contributed by atoms with Gasteiger partial charge in [0, 0.05) is 8.47 Å². The van der Waals surface area contributed by atoms with Crippen molar-refractivity contribution in [3.05, 3.63) is 26.8 Å². The van der Waals surface area contributed by atoms with E-state index in [1.54, 1.807) is 0 Å². The van der Waals surface area contributed by atoms with Crippen molar-refractivity contribution >= 4 is 35.2 Å². The zero-order valence-electron chi connectivity index (χ0n) is 5.98. The molecule has 0 atom stereocenters. The molecule has 0 amide bonds. The Labute approximate surface area is 80.6 Å². The third-order valence-electron chi connectivity index (χ3n) is 1.56. The van der Waals surface area contributed by atoms with E-state index in [1.807, 2.05) is 0 Å². The van der Waals surface area contributed by atoms with Gasteiger partial charge in [0.2, 0.25) is 0 Å². The van der Waals surface area contributed by atoms with Gasteiger partial charge in [0.25, 0.3) is 0 Å². The minimum atomic E-state index is 1.07. The summed E-state index contributed by atoms with van der Waals surface area (Å²) < 4.78 is 1.23. The summed E-state index contributed by atoms with van der Waals surface area (Å²) in [5, 5.41) is 0. The van der Waals surface area contributed by atoms with Crippen LogP contribution in [0.3, 0.4) is 0 Å². The molecule has 0 N–H and O–H groups in total. The van der Waals surface area contributed by atoms with Crippen LogP contribution < -0.4 is 0 Å². The number of benzene rings is 1. The fourth-order valence-corrected chi connectivity index (χ4v) is 1.65. The normalized spacial score (nSPS) is 10.0. The molecule has 0 bridgehead atoms. The molecule has 1 aromatic carbocycles. The molecule has 0 heterocycles. The van der Waals surface area contributed by atoms with Crippen molar-refractivity contribution in [2.24, 2.45) is 0 Å². The highest BCUT2D eigenvalue weighted by Crippen LogP contribution is 2.20. The Balaban J connectivity index is 3.28. The molecule has 0 unspecified atom stereocenters. The maximum atomic E-state index is 4.31. The maximum absolute atomic E-state index is 4.31. The number of halogens is 1. The fraction of sp³-hybridized carbons (Fsp3) is 0.250. The SMILES string of the molecule is Cc1cc(S)c(I)cc1C. The van der Waals surface area contributed by atoms with E-state index in [0.717, 1.165) is 4.90 Å². The summed E-state index contributed by atoms with van der Waals surface area (Å²) in [7, 11) is 0. The highest BCUT2D eigenvalue weighted by atomic mass is 127. The highest BCUT2D eigenvalue weighted by Gasteiger charge is 1.97. The van der Waals surface area contributed by atoms with Crippen LogP contribution in [0, 0.1) is 17.4 Å². The number of aryl methyl sites for hydroxylation is 2. The summed E-state index contributed by atoms with van der Waals surface area (Å²) in [5.74, 6) is 0. The maximum Gasteiger partial charge on any atom is 0.0266 e. The zero-order chi connectivity index (χ0) is 7.72. The van der Waals surface area contributed by atoms with E-state index >= 15 is 0 Å². The Morgan fingerprint density at radius 1 is 1.20 bits per heavy atom. The summed E-state index contributed by atoms with van der Waals surface area (Å²) >= 11 is 6.60. The molecule has 0 nitrogen and oxygen atoms in total. The van der Waals surface area contributed by atoms with Crippen molar-refractivity contribution < 1.29 is 0 Å². The van der Waals surface area contributed by atoms with E-state index in [9.17, 15) is 0 Å². The number of hydrogen-bond acceptors (Lipinski definition) is 1. The van der Waals surface area contributed by atoms with Crippen molar-refractivity contribution in [2.75, 3.05) is 0 Å². The van der Waals surface area contributed by atoms with Crippen molar-refractivity contribution in [1.29, 1.82) is 0 Å².